The summed E-state index contributed by atoms with van der Waals surface area (Å²) >= 11 is 6.10. The van der Waals surface area contributed by atoms with Gasteiger partial charge in [-0.2, -0.15) is 4.31 Å². The van der Waals surface area contributed by atoms with Crippen LogP contribution in [-0.2, 0) is 32.6 Å². The molecule has 0 aromatic heterocycles. The van der Waals surface area contributed by atoms with Gasteiger partial charge in [0.2, 0.25) is 21.8 Å². The molecule has 0 aliphatic heterocycles. The zero-order valence-electron chi connectivity index (χ0n) is 24.2. The zero-order valence-corrected chi connectivity index (χ0v) is 25.8. The zero-order chi connectivity index (χ0) is 30.5. The fourth-order valence-corrected chi connectivity index (χ4v) is 5.95. The standard InChI is InChI=1S/C33H36ClN3O4S/c1-33(2,3)35-32(39)30(20-24-10-6-5-7-11-24)37(22-25-14-17-28(34)18-15-25)31(38)23-36(4)42(40,41)29-19-16-26-12-8-9-13-27(26)21-29/h5-19,21,30H,20,22-23H2,1-4H3,(H,35,39). The third kappa shape index (κ3) is 7.97. The van der Waals surface area contributed by atoms with Crippen LogP contribution in [0.2, 0.25) is 5.02 Å². The van der Waals surface area contributed by atoms with Gasteiger partial charge in [0, 0.05) is 30.6 Å². The van der Waals surface area contributed by atoms with Gasteiger partial charge in [-0.15, -0.1) is 0 Å². The number of sulfonamides is 1. The molecule has 4 rings (SSSR count). The van der Waals surface area contributed by atoms with E-state index in [1.165, 1.54) is 11.9 Å². The Hall–Kier alpha value is -3.72. The van der Waals surface area contributed by atoms with Gasteiger partial charge in [-0.05, 0) is 66.9 Å². The third-order valence-corrected chi connectivity index (χ3v) is 8.87. The lowest BCUT2D eigenvalue weighted by Crippen LogP contribution is -2.56. The Morgan fingerprint density at radius 2 is 1.45 bits per heavy atom. The van der Waals surface area contributed by atoms with Crippen LogP contribution in [0.4, 0.5) is 0 Å². The van der Waals surface area contributed by atoms with E-state index in [2.05, 4.69) is 5.32 Å². The molecule has 2 amide bonds. The second-order valence-electron chi connectivity index (χ2n) is 11.4. The normalized spacial score (nSPS) is 12.7. The molecule has 0 spiro atoms. The summed E-state index contributed by atoms with van der Waals surface area (Å²) in [5.74, 6) is -0.824. The molecule has 4 aromatic carbocycles. The van der Waals surface area contributed by atoms with E-state index >= 15 is 0 Å². The predicted molar refractivity (Wildman–Crippen MR) is 168 cm³/mol. The summed E-state index contributed by atoms with van der Waals surface area (Å²) in [5.41, 5.74) is 1.09. The average molecular weight is 606 g/mol. The molecule has 4 aromatic rings. The minimum atomic E-state index is -4.00. The van der Waals surface area contributed by atoms with Gasteiger partial charge in [-0.3, -0.25) is 9.59 Å². The van der Waals surface area contributed by atoms with Crippen molar-refractivity contribution < 1.29 is 18.0 Å². The third-order valence-electron chi connectivity index (χ3n) is 6.82. The molecule has 0 saturated carbocycles. The molecule has 220 valence electrons. The molecule has 0 bridgehead atoms. The van der Waals surface area contributed by atoms with Crippen LogP contribution in [0.15, 0.2) is 102 Å². The van der Waals surface area contributed by atoms with Gasteiger partial charge in [-0.1, -0.05) is 84.4 Å². The van der Waals surface area contributed by atoms with Crippen molar-refractivity contribution in [3.05, 3.63) is 113 Å². The van der Waals surface area contributed by atoms with Gasteiger partial charge < -0.3 is 10.2 Å². The molecule has 0 fully saturated rings. The molecule has 0 aliphatic rings. The highest BCUT2D eigenvalue weighted by Crippen LogP contribution is 2.23. The lowest BCUT2D eigenvalue weighted by atomic mass is 10.0. The van der Waals surface area contributed by atoms with E-state index in [1.54, 1.807) is 42.5 Å². The Morgan fingerprint density at radius 1 is 0.833 bits per heavy atom. The van der Waals surface area contributed by atoms with E-state index in [1.807, 2.05) is 75.4 Å². The summed E-state index contributed by atoms with van der Waals surface area (Å²) in [6.07, 6.45) is 0.253. The number of carbonyl (C=O) groups is 2. The van der Waals surface area contributed by atoms with E-state index in [-0.39, 0.29) is 23.8 Å². The van der Waals surface area contributed by atoms with Crippen molar-refractivity contribution in [2.24, 2.45) is 0 Å². The summed E-state index contributed by atoms with van der Waals surface area (Å²) in [6.45, 7) is 5.27. The molecule has 42 heavy (non-hydrogen) atoms. The van der Waals surface area contributed by atoms with Crippen molar-refractivity contribution in [2.45, 2.75) is 50.2 Å². The number of hydrogen-bond donors (Lipinski definition) is 1. The average Bonchev–Trinajstić information content (AvgIpc) is 2.95. The summed E-state index contributed by atoms with van der Waals surface area (Å²) in [7, 11) is -2.62. The van der Waals surface area contributed by atoms with E-state index in [4.69, 9.17) is 11.6 Å². The highest BCUT2D eigenvalue weighted by Gasteiger charge is 2.34. The van der Waals surface area contributed by atoms with Crippen molar-refractivity contribution in [3.63, 3.8) is 0 Å². The number of nitrogens with one attached hydrogen (secondary N) is 1. The minimum Gasteiger partial charge on any atom is -0.350 e. The summed E-state index contributed by atoms with van der Waals surface area (Å²) in [5, 5.41) is 5.25. The smallest absolute Gasteiger partial charge is 0.243 e. The van der Waals surface area contributed by atoms with Crippen molar-refractivity contribution in [1.82, 2.24) is 14.5 Å². The van der Waals surface area contributed by atoms with Crippen LogP contribution in [0.25, 0.3) is 10.8 Å². The maximum atomic E-state index is 14.0. The van der Waals surface area contributed by atoms with Gasteiger partial charge in [0.25, 0.3) is 0 Å². The molecule has 1 atom stereocenters. The minimum absolute atomic E-state index is 0.0899. The van der Waals surface area contributed by atoms with Gasteiger partial charge in [0.15, 0.2) is 0 Å². The molecular weight excluding hydrogens is 570 g/mol. The quantitative estimate of drug-likeness (QED) is 0.252. The Morgan fingerprint density at radius 3 is 2.10 bits per heavy atom. The summed E-state index contributed by atoms with van der Waals surface area (Å²) in [6, 6.07) is 27.9. The number of benzene rings is 4. The molecule has 0 saturated heterocycles. The number of rotatable bonds is 10. The first-order valence-electron chi connectivity index (χ1n) is 13.7. The number of nitrogens with zero attached hydrogens (tertiary/aromatic N) is 2. The van der Waals surface area contributed by atoms with Crippen molar-refractivity contribution in [1.29, 1.82) is 0 Å². The van der Waals surface area contributed by atoms with E-state index in [0.29, 0.717) is 5.02 Å². The first-order valence-corrected chi connectivity index (χ1v) is 15.5. The van der Waals surface area contributed by atoms with E-state index < -0.39 is 34.1 Å². The number of halogens is 1. The number of hydrogen-bond acceptors (Lipinski definition) is 4. The maximum absolute atomic E-state index is 14.0. The fraction of sp³-hybridized carbons (Fsp3) is 0.273. The highest BCUT2D eigenvalue weighted by atomic mass is 35.5. The molecule has 0 heterocycles. The van der Waals surface area contributed by atoms with Crippen LogP contribution in [0.1, 0.15) is 31.9 Å². The lowest BCUT2D eigenvalue weighted by Gasteiger charge is -2.34. The largest absolute Gasteiger partial charge is 0.350 e. The SMILES string of the molecule is CN(CC(=O)N(Cc1ccc(Cl)cc1)C(Cc1ccccc1)C(=O)NC(C)(C)C)S(=O)(=O)c1ccc2ccccc2c1. The Balaban J connectivity index is 1.68. The lowest BCUT2D eigenvalue weighted by molar-refractivity contribution is -0.141. The van der Waals surface area contributed by atoms with Gasteiger partial charge in [-0.25, -0.2) is 8.42 Å². The summed E-state index contributed by atoms with van der Waals surface area (Å²) in [4.78, 5) is 29.3. The van der Waals surface area contributed by atoms with Gasteiger partial charge in [0.05, 0.1) is 11.4 Å². The molecular formula is C33H36ClN3O4S. The number of carbonyl (C=O) groups excluding carboxylic acids is 2. The molecule has 0 aliphatic carbocycles. The molecule has 1 N–H and O–H groups in total. The van der Waals surface area contributed by atoms with Crippen molar-refractivity contribution in [2.75, 3.05) is 13.6 Å². The topological polar surface area (TPSA) is 86.8 Å². The van der Waals surface area contributed by atoms with Crippen molar-refractivity contribution >= 4 is 44.2 Å². The Kier molecular flexibility index (Phi) is 9.71. The predicted octanol–water partition coefficient (Wildman–Crippen LogP) is 5.67. The Bertz CT molecular complexity index is 1650. The van der Waals surface area contributed by atoms with E-state index in [0.717, 1.165) is 26.2 Å². The molecule has 9 heteroatoms. The Labute approximate surface area is 253 Å². The van der Waals surface area contributed by atoms with Crippen LogP contribution in [0.3, 0.4) is 0 Å². The number of fused-ring (bicyclic) bond motifs is 1. The van der Waals surface area contributed by atoms with Crippen LogP contribution < -0.4 is 5.32 Å². The highest BCUT2D eigenvalue weighted by molar-refractivity contribution is 7.89. The first-order chi connectivity index (χ1) is 19.8. The van der Waals surface area contributed by atoms with Gasteiger partial charge in [0.1, 0.15) is 6.04 Å². The molecule has 7 nitrogen and oxygen atoms in total. The van der Waals surface area contributed by atoms with Crippen LogP contribution in [0.5, 0.6) is 0 Å². The van der Waals surface area contributed by atoms with Gasteiger partial charge >= 0.3 is 0 Å². The number of likely N-dealkylation sites (N-methyl/N-ethyl adjacent to an activating group) is 1. The van der Waals surface area contributed by atoms with Crippen LogP contribution in [0, 0.1) is 0 Å². The molecule has 1 unspecified atom stereocenters. The first kappa shape index (κ1) is 31.2. The fourth-order valence-electron chi connectivity index (χ4n) is 4.67. The summed E-state index contributed by atoms with van der Waals surface area (Å²) < 4.78 is 28.2. The van der Waals surface area contributed by atoms with Crippen molar-refractivity contribution in [3.8, 4) is 0 Å². The van der Waals surface area contributed by atoms with E-state index in [9.17, 15) is 18.0 Å². The second kappa shape index (κ2) is 13.1. The monoisotopic (exact) mass is 605 g/mol. The molecule has 0 radical (unpaired) electrons. The number of amides is 2. The van der Waals surface area contributed by atoms with Crippen LogP contribution >= 0.6 is 11.6 Å². The second-order valence-corrected chi connectivity index (χ2v) is 13.8. The van der Waals surface area contributed by atoms with Crippen LogP contribution in [-0.4, -0.2) is 54.6 Å². The maximum Gasteiger partial charge on any atom is 0.243 e.